The smallest absolute Gasteiger partial charge is 0.253 e. The topological polar surface area (TPSA) is 45.7 Å². The summed E-state index contributed by atoms with van der Waals surface area (Å²) >= 11 is 0. The average molecular weight is 416 g/mol. The highest BCUT2D eigenvalue weighted by atomic mass is 16.5. The molecule has 2 fully saturated rings. The molecule has 0 unspecified atom stereocenters. The standard InChI is InChI=1S/C26H29N3O2/c30-26(29-14-1-2-15-29)20-6-8-23(9-7-20)31-24-11-16-28(17-12-24)19-22-5-3-4-21-18-27-13-10-25(21)22/h3-10,13,18,24H,1-2,11-12,14-17,19H2. The van der Waals surface area contributed by atoms with E-state index in [2.05, 4.69) is 34.1 Å². The van der Waals surface area contributed by atoms with Crippen LogP contribution < -0.4 is 4.74 Å². The second kappa shape index (κ2) is 9.06. The Hall–Kier alpha value is -2.92. The van der Waals surface area contributed by atoms with Crippen LogP contribution in [0.5, 0.6) is 5.75 Å². The number of pyridine rings is 1. The largest absolute Gasteiger partial charge is 0.490 e. The monoisotopic (exact) mass is 415 g/mol. The third kappa shape index (κ3) is 4.57. The van der Waals surface area contributed by atoms with E-state index in [9.17, 15) is 4.79 Å². The van der Waals surface area contributed by atoms with Gasteiger partial charge in [0.15, 0.2) is 0 Å². The molecule has 5 nitrogen and oxygen atoms in total. The van der Waals surface area contributed by atoms with Crippen LogP contribution in [0.25, 0.3) is 10.8 Å². The first-order valence-electron chi connectivity index (χ1n) is 11.4. The number of carbonyl (C=O) groups is 1. The van der Waals surface area contributed by atoms with E-state index < -0.39 is 0 Å². The van der Waals surface area contributed by atoms with Crippen LogP contribution in [0.1, 0.15) is 41.6 Å². The van der Waals surface area contributed by atoms with Gasteiger partial charge in [0.2, 0.25) is 0 Å². The molecule has 0 bridgehead atoms. The fraction of sp³-hybridized carbons (Fsp3) is 0.385. The maximum Gasteiger partial charge on any atom is 0.253 e. The molecule has 2 aliphatic rings. The summed E-state index contributed by atoms with van der Waals surface area (Å²) in [6.45, 7) is 4.77. The van der Waals surface area contributed by atoms with Gasteiger partial charge in [0.25, 0.3) is 5.91 Å². The Kier molecular flexibility index (Phi) is 5.85. The molecule has 0 atom stereocenters. The Bertz CT molecular complexity index is 1030. The van der Waals surface area contributed by atoms with Gasteiger partial charge < -0.3 is 9.64 Å². The summed E-state index contributed by atoms with van der Waals surface area (Å²) in [6.07, 6.45) is 8.29. The average Bonchev–Trinajstić information content (AvgIpc) is 3.36. The number of amides is 1. The molecule has 3 aromatic rings. The summed E-state index contributed by atoms with van der Waals surface area (Å²) in [5, 5.41) is 2.49. The molecular weight excluding hydrogens is 386 g/mol. The van der Waals surface area contributed by atoms with Crippen LogP contribution in [0.4, 0.5) is 0 Å². The van der Waals surface area contributed by atoms with E-state index in [1.807, 2.05) is 41.6 Å². The Morgan fingerprint density at radius 1 is 0.968 bits per heavy atom. The minimum atomic E-state index is 0.140. The number of likely N-dealkylation sites (tertiary alicyclic amines) is 2. The highest BCUT2D eigenvalue weighted by molar-refractivity contribution is 5.94. The van der Waals surface area contributed by atoms with Crippen LogP contribution in [0.15, 0.2) is 60.9 Å². The molecule has 0 aliphatic carbocycles. The SMILES string of the molecule is O=C(c1ccc(OC2CCN(Cc3cccc4cnccc34)CC2)cc1)N1CCCC1. The summed E-state index contributed by atoms with van der Waals surface area (Å²) in [7, 11) is 0. The van der Waals surface area contributed by atoms with Crippen LogP contribution in [-0.4, -0.2) is 53.0 Å². The van der Waals surface area contributed by atoms with Gasteiger partial charge in [-0.05, 0) is 67.0 Å². The van der Waals surface area contributed by atoms with Gasteiger partial charge in [-0.2, -0.15) is 0 Å². The Labute approximate surface area is 183 Å². The summed E-state index contributed by atoms with van der Waals surface area (Å²) in [6, 6.07) is 16.3. The number of carbonyl (C=O) groups excluding carboxylic acids is 1. The molecule has 160 valence electrons. The van der Waals surface area contributed by atoms with Gasteiger partial charge in [0.05, 0.1) is 0 Å². The van der Waals surface area contributed by atoms with Crippen molar-refractivity contribution in [2.24, 2.45) is 0 Å². The number of piperidine rings is 1. The van der Waals surface area contributed by atoms with Crippen molar-refractivity contribution in [3.8, 4) is 5.75 Å². The van der Waals surface area contributed by atoms with Crippen LogP contribution in [0.3, 0.4) is 0 Å². The summed E-state index contributed by atoms with van der Waals surface area (Å²) in [5.74, 6) is 1.000. The molecule has 5 rings (SSSR count). The summed E-state index contributed by atoms with van der Waals surface area (Å²) in [5.41, 5.74) is 2.12. The van der Waals surface area contributed by atoms with Gasteiger partial charge in [-0.3, -0.25) is 14.7 Å². The van der Waals surface area contributed by atoms with Crippen molar-refractivity contribution in [3.63, 3.8) is 0 Å². The first-order valence-corrected chi connectivity index (χ1v) is 11.4. The summed E-state index contributed by atoms with van der Waals surface area (Å²) in [4.78, 5) is 21.2. The van der Waals surface area contributed by atoms with E-state index in [-0.39, 0.29) is 12.0 Å². The zero-order valence-corrected chi connectivity index (χ0v) is 17.9. The van der Waals surface area contributed by atoms with Crippen molar-refractivity contribution in [2.75, 3.05) is 26.2 Å². The molecule has 5 heteroatoms. The number of aromatic nitrogens is 1. The zero-order chi connectivity index (χ0) is 21.0. The maximum atomic E-state index is 12.5. The molecular formula is C26H29N3O2. The Morgan fingerprint density at radius 3 is 2.52 bits per heavy atom. The maximum absolute atomic E-state index is 12.5. The van der Waals surface area contributed by atoms with E-state index in [0.29, 0.717) is 0 Å². The third-order valence-electron chi connectivity index (χ3n) is 6.50. The van der Waals surface area contributed by atoms with Crippen molar-refractivity contribution in [2.45, 2.75) is 38.3 Å². The molecule has 3 heterocycles. The molecule has 0 N–H and O–H groups in total. The Morgan fingerprint density at radius 2 is 1.74 bits per heavy atom. The van der Waals surface area contributed by atoms with E-state index in [0.717, 1.165) is 69.7 Å². The number of hydrogen-bond acceptors (Lipinski definition) is 4. The highest BCUT2D eigenvalue weighted by Gasteiger charge is 2.22. The number of benzene rings is 2. The normalized spacial score (nSPS) is 17.9. The quantitative estimate of drug-likeness (QED) is 0.615. The van der Waals surface area contributed by atoms with Gasteiger partial charge >= 0.3 is 0 Å². The zero-order valence-electron chi connectivity index (χ0n) is 17.9. The second-order valence-electron chi connectivity index (χ2n) is 8.63. The fourth-order valence-corrected chi connectivity index (χ4v) is 4.72. The van der Waals surface area contributed by atoms with Crippen molar-refractivity contribution >= 4 is 16.7 Å². The van der Waals surface area contributed by atoms with Gasteiger partial charge in [-0.25, -0.2) is 0 Å². The van der Waals surface area contributed by atoms with Crippen molar-refractivity contribution in [1.29, 1.82) is 0 Å². The molecule has 0 radical (unpaired) electrons. The van der Waals surface area contributed by atoms with E-state index in [4.69, 9.17) is 4.74 Å². The fourth-order valence-electron chi connectivity index (χ4n) is 4.72. The molecule has 2 aromatic carbocycles. The second-order valence-corrected chi connectivity index (χ2v) is 8.63. The third-order valence-corrected chi connectivity index (χ3v) is 6.50. The lowest BCUT2D eigenvalue weighted by Crippen LogP contribution is -2.37. The molecule has 1 aromatic heterocycles. The predicted octanol–water partition coefficient (Wildman–Crippen LogP) is 4.51. The minimum absolute atomic E-state index is 0.140. The molecule has 1 amide bonds. The summed E-state index contributed by atoms with van der Waals surface area (Å²) < 4.78 is 6.22. The number of ether oxygens (including phenoxy) is 1. The van der Waals surface area contributed by atoms with Crippen LogP contribution >= 0.6 is 0 Å². The molecule has 2 aliphatic heterocycles. The van der Waals surface area contributed by atoms with Crippen LogP contribution in [-0.2, 0) is 6.54 Å². The van der Waals surface area contributed by atoms with E-state index >= 15 is 0 Å². The number of rotatable bonds is 5. The number of nitrogens with zero attached hydrogens (tertiary/aromatic N) is 3. The number of hydrogen-bond donors (Lipinski definition) is 0. The van der Waals surface area contributed by atoms with Crippen molar-refractivity contribution in [1.82, 2.24) is 14.8 Å². The first kappa shape index (κ1) is 20.0. The highest BCUT2D eigenvalue weighted by Crippen LogP contribution is 2.24. The first-order chi connectivity index (χ1) is 15.3. The van der Waals surface area contributed by atoms with Crippen molar-refractivity contribution in [3.05, 3.63) is 72.1 Å². The molecule has 0 spiro atoms. The van der Waals surface area contributed by atoms with Gasteiger partial charge in [0, 0.05) is 56.1 Å². The molecule has 0 saturated carbocycles. The minimum Gasteiger partial charge on any atom is -0.490 e. The van der Waals surface area contributed by atoms with Gasteiger partial charge in [0.1, 0.15) is 11.9 Å². The molecule has 31 heavy (non-hydrogen) atoms. The van der Waals surface area contributed by atoms with Crippen LogP contribution in [0, 0.1) is 0 Å². The van der Waals surface area contributed by atoms with Gasteiger partial charge in [-0.1, -0.05) is 18.2 Å². The van der Waals surface area contributed by atoms with E-state index in [1.54, 1.807) is 0 Å². The van der Waals surface area contributed by atoms with Gasteiger partial charge in [-0.15, -0.1) is 0 Å². The predicted molar refractivity (Wildman–Crippen MR) is 122 cm³/mol. The van der Waals surface area contributed by atoms with Crippen LogP contribution in [0.2, 0.25) is 0 Å². The Balaban J connectivity index is 1.14. The lowest BCUT2D eigenvalue weighted by molar-refractivity contribution is 0.0792. The number of fused-ring (bicyclic) bond motifs is 1. The van der Waals surface area contributed by atoms with Crippen molar-refractivity contribution < 1.29 is 9.53 Å². The van der Waals surface area contributed by atoms with E-state index in [1.165, 1.54) is 16.3 Å². The lowest BCUT2D eigenvalue weighted by Gasteiger charge is -2.32. The molecule has 2 saturated heterocycles. The lowest BCUT2D eigenvalue weighted by atomic mass is 10.0.